The number of ether oxygens (including phenoxy) is 2. The second kappa shape index (κ2) is 9.13. The molecule has 0 N–H and O–H groups in total. The van der Waals surface area contributed by atoms with Crippen LogP contribution in [0.1, 0.15) is 49.9 Å². The van der Waals surface area contributed by atoms with Crippen LogP contribution in [0.25, 0.3) is 0 Å². The molecule has 9 heteroatoms. The van der Waals surface area contributed by atoms with E-state index < -0.39 is 10.0 Å². The maximum atomic E-state index is 13.0. The summed E-state index contributed by atoms with van der Waals surface area (Å²) in [5.74, 6) is 1.18. The normalized spacial score (nSPS) is 18.6. The zero-order valence-corrected chi connectivity index (χ0v) is 17.3. The molecule has 1 unspecified atom stereocenters. The first-order chi connectivity index (χ1) is 13.4. The first-order valence-corrected chi connectivity index (χ1v) is 10.9. The van der Waals surface area contributed by atoms with E-state index in [0.29, 0.717) is 35.6 Å². The highest BCUT2D eigenvalue weighted by atomic mass is 32.2. The van der Waals surface area contributed by atoms with Crippen molar-refractivity contribution in [1.29, 1.82) is 0 Å². The molecule has 154 valence electrons. The van der Waals surface area contributed by atoms with Crippen LogP contribution in [-0.2, 0) is 32.7 Å². The van der Waals surface area contributed by atoms with Gasteiger partial charge in [-0.2, -0.15) is 9.29 Å². The standard InChI is InChI=1S/C19H27N3O5S/c1-14(2)15-6-8-17(9-7-15)28(23,24)22-10-4-5-16(11-22)26-12-18-20-19(13-25-3)27-21-18/h6-9,14,16H,4-5,10-13H2,1-3H3. The lowest BCUT2D eigenvalue weighted by Gasteiger charge is -2.31. The minimum Gasteiger partial charge on any atom is -0.375 e. The quantitative estimate of drug-likeness (QED) is 0.661. The molecule has 1 fully saturated rings. The van der Waals surface area contributed by atoms with Crippen LogP contribution in [0, 0.1) is 0 Å². The maximum Gasteiger partial charge on any atom is 0.252 e. The Kier molecular flexibility index (Phi) is 6.82. The smallest absolute Gasteiger partial charge is 0.252 e. The van der Waals surface area contributed by atoms with E-state index in [2.05, 4.69) is 24.0 Å². The maximum absolute atomic E-state index is 13.0. The highest BCUT2D eigenvalue weighted by molar-refractivity contribution is 7.89. The number of methoxy groups -OCH3 is 1. The van der Waals surface area contributed by atoms with Gasteiger partial charge in [-0.3, -0.25) is 0 Å². The van der Waals surface area contributed by atoms with Gasteiger partial charge < -0.3 is 14.0 Å². The van der Waals surface area contributed by atoms with Crippen molar-refractivity contribution in [1.82, 2.24) is 14.4 Å². The number of sulfonamides is 1. The summed E-state index contributed by atoms with van der Waals surface area (Å²) >= 11 is 0. The van der Waals surface area contributed by atoms with Crippen molar-refractivity contribution in [3.05, 3.63) is 41.5 Å². The minimum absolute atomic E-state index is 0.175. The Balaban J connectivity index is 1.61. The molecule has 2 aromatic rings. The van der Waals surface area contributed by atoms with Gasteiger partial charge in [0.05, 0.1) is 11.0 Å². The van der Waals surface area contributed by atoms with E-state index in [-0.39, 0.29) is 19.3 Å². The Labute approximate surface area is 165 Å². The second-order valence-corrected chi connectivity index (χ2v) is 9.14. The van der Waals surface area contributed by atoms with Gasteiger partial charge in [0, 0.05) is 20.2 Å². The Hall–Kier alpha value is -1.81. The summed E-state index contributed by atoms with van der Waals surface area (Å²) in [7, 11) is -1.99. The highest BCUT2D eigenvalue weighted by Gasteiger charge is 2.31. The summed E-state index contributed by atoms with van der Waals surface area (Å²) in [6.07, 6.45) is 1.33. The van der Waals surface area contributed by atoms with Crippen LogP contribution in [-0.4, -0.2) is 49.2 Å². The van der Waals surface area contributed by atoms with Crippen LogP contribution in [0.2, 0.25) is 0 Å². The van der Waals surface area contributed by atoms with Crippen LogP contribution in [0.5, 0.6) is 0 Å². The van der Waals surface area contributed by atoms with Crippen molar-refractivity contribution in [2.75, 3.05) is 20.2 Å². The summed E-state index contributed by atoms with van der Waals surface area (Å²) in [6.45, 7) is 5.40. The monoisotopic (exact) mass is 409 g/mol. The predicted molar refractivity (Wildman–Crippen MR) is 102 cm³/mol. The fraction of sp³-hybridized carbons (Fsp3) is 0.579. The SMILES string of the molecule is COCc1nc(COC2CCCN(S(=O)(=O)c3ccc(C(C)C)cc3)C2)no1. The van der Waals surface area contributed by atoms with E-state index in [1.165, 1.54) is 4.31 Å². The molecule has 1 aromatic carbocycles. The van der Waals surface area contributed by atoms with Crippen LogP contribution >= 0.6 is 0 Å². The summed E-state index contributed by atoms with van der Waals surface area (Å²) < 4.78 is 43.3. The van der Waals surface area contributed by atoms with Gasteiger partial charge in [0.1, 0.15) is 13.2 Å². The number of piperidine rings is 1. The highest BCUT2D eigenvalue weighted by Crippen LogP contribution is 2.24. The fourth-order valence-electron chi connectivity index (χ4n) is 3.16. The first-order valence-electron chi connectivity index (χ1n) is 9.42. The van der Waals surface area contributed by atoms with Crippen LogP contribution in [0.15, 0.2) is 33.7 Å². The predicted octanol–water partition coefficient (Wildman–Crippen LogP) is 2.71. The lowest BCUT2D eigenvalue weighted by atomic mass is 10.0. The summed E-state index contributed by atoms with van der Waals surface area (Å²) in [5.41, 5.74) is 1.12. The molecule has 2 heterocycles. The average molecular weight is 410 g/mol. The molecule has 8 nitrogen and oxygen atoms in total. The van der Waals surface area contributed by atoms with Gasteiger partial charge in [0.2, 0.25) is 10.0 Å². The number of benzene rings is 1. The number of aromatic nitrogens is 2. The lowest BCUT2D eigenvalue weighted by Crippen LogP contribution is -2.43. The topological polar surface area (TPSA) is 94.8 Å². The van der Waals surface area contributed by atoms with E-state index >= 15 is 0 Å². The van der Waals surface area contributed by atoms with Gasteiger partial charge in [0.25, 0.3) is 5.89 Å². The molecule has 1 aromatic heterocycles. The number of hydrogen-bond donors (Lipinski definition) is 0. The Morgan fingerprint density at radius 2 is 2.00 bits per heavy atom. The van der Waals surface area contributed by atoms with Gasteiger partial charge in [-0.15, -0.1) is 0 Å². The van der Waals surface area contributed by atoms with Crippen molar-refractivity contribution in [2.45, 2.75) is 56.8 Å². The van der Waals surface area contributed by atoms with Crippen LogP contribution in [0.3, 0.4) is 0 Å². The summed E-state index contributed by atoms with van der Waals surface area (Å²) in [6, 6.07) is 7.13. The molecule has 0 saturated carbocycles. The van der Waals surface area contributed by atoms with E-state index in [1.54, 1.807) is 19.2 Å². The summed E-state index contributed by atoms with van der Waals surface area (Å²) in [4.78, 5) is 4.48. The van der Waals surface area contributed by atoms with E-state index in [9.17, 15) is 8.42 Å². The molecule has 1 aliphatic rings. The van der Waals surface area contributed by atoms with Gasteiger partial charge in [0.15, 0.2) is 5.82 Å². The Bertz CT molecular complexity index is 864. The number of nitrogens with zero attached hydrogens (tertiary/aromatic N) is 3. The van der Waals surface area contributed by atoms with Crippen molar-refractivity contribution in [2.24, 2.45) is 0 Å². The zero-order valence-electron chi connectivity index (χ0n) is 16.5. The fourth-order valence-corrected chi connectivity index (χ4v) is 4.67. The van der Waals surface area contributed by atoms with Crippen molar-refractivity contribution in [3.8, 4) is 0 Å². The van der Waals surface area contributed by atoms with Crippen molar-refractivity contribution >= 4 is 10.0 Å². The zero-order chi connectivity index (χ0) is 20.1. The third-order valence-corrected chi connectivity index (χ3v) is 6.63. The molecule has 3 rings (SSSR count). The number of rotatable bonds is 8. The van der Waals surface area contributed by atoms with Crippen LogP contribution < -0.4 is 0 Å². The van der Waals surface area contributed by atoms with E-state index in [1.807, 2.05) is 12.1 Å². The molecule has 1 atom stereocenters. The van der Waals surface area contributed by atoms with E-state index in [4.69, 9.17) is 14.0 Å². The Morgan fingerprint density at radius 3 is 2.68 bits per heavy atom. The van der Waals surface area contributed by atoms with Gasteiger partial charge in [-0.1, -0.05) is 31.1 Å². The third-order valence-electron chi connectivity index (χ3n) is 4.75. The molecular formula is C19H27N3O5S. The lowest BCUT2D eigenvalue weighted by molar-refractivity contribution is 0.00438. The largest absolute Gasteiger partial charge is 0.375 e. The Morgan fingerprint density at radius 1 is 1.25 bits per heavy atom. The minimum atomic E-state index is -3.54. The molecule has 0 aliphatic carbocycles. The first kappa shape index (κ1) is 20.9. The number of hydrogen-bond acceptors (Lipinski definition) is 7. The molecule has 1 aliphatic heterocycles. The van der Waals surface area contributed by atoms with Gasteiger partial charge in [-0.25, -0.2) is 8.42 Å². The molecular weight excluding hydrogens is 382 g/mol. The molecule has 1 saturated heterocycles. The molecule has 0 radical (unpaired) electrons. The molecule has 0 amide bonds. The second-order valence-electron chi connectivity index (χ2n) is 7.20. The van der Waals surface area contributed by atoms with Gasteiger partial charge >= 0.3 is 0 Å². The molecule has 28 heavy (non-hydrogen) atoms. The average Bonchev–Trinajstić information content (AvgIpc) is 3.14. The van der Waals surface area contributed by atoms with E-state index in [0.717, 1.165) is 18.4 Å². The summed E-state index contributed by atoms with van der Waals surface area (Å²) in [5, 5.41) is 3.83. The molecule has 0 spiro atoms. The van der Waals surface area contributed by atoms with Crippen molar-refractivity contribution < 1.29 is 22.4 Å². The molecule has 0 bridgehead atoms. The van der Waals surface area contributed by atoms with Gasteiger partial charge in [-0.05, 0) is 36.5 Å². The van der Waals surface area contributed by atoms with Crippen molar-refractivity contribution in [3.63, 3.8) is 0 Å². The van der Waals surface area contributed by atoms with Crippen LogP contribution in [0.4, 0.5) is 0 Å². The third kappa shape index (κ3) is 4.96.